The molecule has 0 fully saturated rings. The Bertz CT molecular complexity index is 452. The molecule has 0 aliphatic carbocycles. The number of carboxylic acids is 1. The fourth-order valence-corrected chi connectivity index (χ4v) is 0.498. The molecule has 1 aromatic carbocycles. The van der Waals surface area contributed by atoms with Gasteiger partial charge in [-0.25, -0.2) is 4.79 Å². The highest BCUT2D eigenvalue weighted by molar-refractivity contribution is 5.85. The first-order valence-corrected chi connectivity index (χ1v) is 2.84. The Hall–Kier alpha value is -1.57. The molecule has 0 atom stereocenters. The molecule has 0 aromatic heterocycles. The van der Waals surface area contributed by atoms with Crippen LogP contribution in [0.1, 0.15) is 12.4 Å². The predicted molar refractivity (Wildman–Crippen MR) is 43.1 cm³/mol. The van der Waals surface area contributed by atoms with E-state index in [4.69, 9.17) is 12.0 Å². The minimum atomic E-state index is -1.24. The van der Waals surface area contributed by atoms with Gasteiger partial charge in [-0.2, -0.15) is 0 Å². The molecule has 56 valence electrons. The molecular formula is C9H8O2. The van der Waals surface area contributed by atoms with Gasteiger partial charge in [-0.05, 0) is 11.6 Å². The van der Waals surface area contributed by atoms with Crippen LogP contribution in [0, 0.1) is 0 Å². The minimum absolute atomic E-state index is 0.131. The van der Waals surface area contributed by atoms with Crippen LogP contribution in [0.4, 0.5) is 0 Å². The summed E-state index contributed by atoms with van der Waals surface area (Å²) in [5, 5.41) is 8.41. The van der Waals surface area contributed by atoms with Crippen molar-refractivity contribution in [2.45, 2.75) is 0 Å². The molecule has 0 aliphatic rings. The van der Waals surface area contributed by atoms with Gasteiger partial charge in [0, 0.05) is 6.08 Å². The standard InChI is InChI=1S/C9H8O2/c10-9(11)7-6-8-4-2-1-3-5-8/h1-7H,(H,10,11)/b7-6+/i1D,2D,3D,4D,5D,6+1,7+1. The third kappa shape index (κ3) is 2.67. The highest BCUT2D eigenvalue weighted by Gasteiger charge is 1.85. The largest absolute Gasteiger partial charge is 0.478 e. The highest BCUT2D eigenvalue weighted by atomic mass is 16.4. The van der Waals surface area contributed by atoms with Gasteiger partial charge in [0.15, 0.2) is 0 Å². The summed E-state index contributed by atoms with van der Waals surface area (Å²) in [4.78, 5) is 10.3. The molecular weight excluding hydrogens is 142 g/mol. The zero-order chi connectivity index (χ0) is 12.5. The van der Waals surface area contributed by atoms with E-state index in [1.165, 1.54) is 0 Å². The van der Waals surface area contributed by atoms with E-state index in [9.17, 15) is 4.79 Å². The van der Waals surface area contributed by atoms with Crippen molar-refractivity contribution in [3.8, 4) is 0 Å². The monoisotopic (exact) mass is 155 g/mol. The average Bonchev–Trinajstić information content (AvgIpc) is 2.23. The molecule has 0 heterocycles. The summed E-state index contributed by atoms with van der Waals surface area (Å²) in [6.07, 6.45) is 1.72. The van der Waals surface area contributed by atoms with Gasteiger partial charge in [0.25, 0.3) is 0 Å². The van der Waals surface area contributed by atoms with Gasteiger partial charge in [-0.1, -0.05) is 30.2 Å². The van der Waals surface area contributed by atoms with Gasteiger partial charge in [-0.15, -0.1) is 0 Å². The molecule has 2 nitrogen and oxygen atoms in total. The molecule has 0 aliphatic heterocycles. The summed E-state index contributed by atoms with van der Waals surface area (Å²) in [5.74, 6) is -1.24. The van der Waals surface area contributed by atoms with E-state index in [2.05, 4.69) is 0 Å². The third-order valence-electron chi connectivity index (χ3n) is 0.912. The molecule has 0 spiro atoms. The van der Waals surface area contributed by atoms with Gasteiger partial charge in [0.05, 0.1) is 6.85 Å². The molecule has 0 radical (unpaired) electrons. The van der Waals surface area contributed by atoms with Gasteiger partial charge in [0.1, 0.15) is 0 Å². The van der Waals surface area contributed by atoms with Crippen molar-refractivity contribution < 1.29 is 16.8 Å². The van der Waals surface area contributed by atoms with Crippen LogP contribution in [-0.2, 0) is 4.79 Å². The maximum absolute atomic E-state index is 10.3. The van der Waals surface area contributed by atoms with Crippen LogP contribution in [0.3, 0.4) is 0 Å². The zero-order valence-corrected chi connectivity index (χ0v) is 5.51. The Morgan fingerprint density at radius 1 is 1.45 bits per heavy atom. The van der Waals surface area contributed by atoms with Crippen molar-refractivity contribution >= 4 is 12.0 Å². The molecule has 0 saturated carbocycles. The molecule has 11 heavy (non-hydrogen) atoms. The van der Waals surface area contributed by atoms with Crippen LogP contribution < -0.4 is 0 Å². The van der Waals surface area contributed by atoms with Crippen molar-refractivity contribution in [2.75, 3.05) is 0 Å². The fourth-order valence-electron chi connectivity index (χ4n) is 0.498. The molecule has 2 heteroatoms. The lowest BCUT2D eigenvalue weighted by molar-refractivity contribution is -0.131. The van der Waals surface area contributed by atoms with Gasteiger partial charge < -0.3 is 5.11 Å². The predicted octanol–water partition coefficient (Wildman–Crippen LogP) is 1.78. The molecule has 0 bridgehead atoms. The number of hydrogen-bond acceptors (Lipinski definition) is 1. The molecule has 0 amide bonds. The topological polar surface area (TPSA) is 37.3 Å². The summed E-state index contributed by atoms with van der Waals surface area (Å²) in [6, 6.07) is -2.29. The smallest absolute Gasteiger partial charge is 0.328 e. The second-order valence-corrected chi connectivity index (χ2v) is 1.71. The Balaban J connectivity index is 3.45. The van der Waals surface area contributed by atoms with Crippen LogP contribution in [-0.4, -0.2) is 11.1 Å². The van der Waals surface area contributed by atoms with Gasteiger partial charge >= 0.3 is 5.97 Å². The SMILES string of the molecule is [2H]c1c([2H])c([2H])c(/[13CH]=[13CH]/C(=O)O)c([2H])c1[2H]. The third-order valence-corrected chi connectivity index (χ3v) is 0.912. The summed E-state index contributed by atoms with van der Waals surface area (Å²) in [5.41, 5.74) is -0.131. The second kappa shape index (κ2) is 3.56. The average molecular weight is 155 g/mol. The Kier molecular flexibility index (Phi) is 1.04. The van der Waals surface area contributed by atoms with Crippen molar-refractivity contribution in [1.29, 1.82) is 0 Å². The van der Waals surface area contributed by atoms with E-state index in [1.807, 2.05) is 0 Å². The maximum atomic E-state index is 10.3. The van der Waals surface area contributed by atoms with Crippen molar-refractivity contribution in [3.05, 3.63) is 41.9 Å². The van der Waals surface area contributed by atoms with Crippen LogP contribution in [0.5, 0.6) is 0 Å². The highest BCUT2D eigenvalue weighted by Crippen LogP contribution is 1.99. The lowest BCUT2D eigenvalue weighted by Gasteiger charge is -1.87. The minimum Gasteiger partial charge on any atom is -0.478 e. The van der Waals surface area contributed by atoms with Gasteiger partial charge in [0.2, 0.25) is 0 Å². The van der Waals surface area contributed by atoms with Crippen molar-refractivity contribution in [1.82, 2.24) is 0 Å². The number of benzene rings is 1. The van der Waals surface area contributed by atoms with Crippen LogP contribution in [0.25, 0.3) is 6.08 Å². The summed E-state index contributed by atoms with van der Waals surface area (Å²) < 4.78 is 36.9. The number of aliphatic carboxylic acids is 1. The van der Waals surface area contributed by atoms with Gasteiger partial charge in [-0.3, -0.25) is 0 Å². The van der Waals surface area contributed by atoms with E-state index in [-0.39, 0.29) is 5.56 Å². The zero-order valence-electron chi connectivity index (χ0n) is 10.5. The first-order chi connectivity index (χ1) is 7.36. The van der Waals surface area contributed by atoms with Crippen molar-refractivity contribution in [3.63, 3.8) is 0 Å². The van der Waals surface area contributed by atoms with Crippen molar-refractivity contribution in [2.24, 2.45) is 0 Å². The Morgan fingerprint density at radius 2 is 2.09 bits per heavy atom. The summed E-state index contributed by atoms with van der Waals surface area (Å²) >= 11 is 0. The van der Waals surface area contributed by atoms with Crippen LogP contribution in [0.15, 0.2) is 36.3 Å². The van der Waals surface area contributed by atoms with E-state index in [0.29, 0.717) is 0 Å². The fraction of sp³-hybridized carbons (Fsp3) is 0. The first kappa shape index (κ1) is 3.22. The number of carboxylic acid groups (broad SMARTS) is 1. The molecule has 1 N–H and O–H groups in total. The first-order valence-electron chi connectivity index (χ1n) is 5.34. The quantitative estimate of drug-likeness (QED) is 0.522. The molecule has 1 aromatic rings. The normalized spacial score (nSPS) is 16.5. The van der Waals surface area contributed by atoms with E-state index < -0.39 is 36.2 Å². The second-order valence-electron chi connectivity index (χ2n) is 1.71. The maximum Gasteiger partial charge on any atom is 0.328 e. The van der Waals surface area contributed by atoms with E-state index in [0.717, 1.165) is 12.2 Å². The molecule has 0 unspecified atom stereocenters. The Morgan fingerprint density at radius 3 is 2.64 bits per heavy atom. The summed E-state index contributed by atoms with van der Waals surface area (Å²) in [6.45, 7) is 0. The number of rotatable bonds is 2. The lowest BCUT2D eigenvalue weighted by atomic mass is 10.3. The van der Waals surface area contributed by atoms with Crippen LogP contribution in [0.2, 0.25) is 0 Å². The number of hydrogen-bond donors (Lipinski definition) is 1. The summed E-state index contributed by atoms with van der Waals surface area (Å²) in [7, 11) is 0. The Labute approximate surface area is 71.8 Å². The number of carbonyl (C=O) groups is 1. The van der Waals surface area contributed by atoms with E-state index >= 15 is 0 Å². The lowest BCUT2D eigenvalue weighted by Crippen LogP contribution is -1.85. The van der Waals surface area contributed by atoms with Crippen LogP contribution >= 0.6 is 0 Å². The molecule has 1 rings (SSSR count). The molecule has 0 saturated heterocycles. The van der Waals surface area contributed by atoms with E-state index in [1.54, 1.807) is 0 Å².